The van der Waals surface area contributed by atoms with Crippen LogP contribution < -0.4 is 0 Å². The van der Waals surface area contributed by atoms with Gasteiger partial charge in [-0.3, -0.25) is 4.79 Å². The minimum atomic E-state index is -0.0696. The highest BCUT2D eigenvalue weighted by Gasteiger charge is 2.34. The van der Waals surface area contributed by atoms with Crippen molar-refractivity contribution in [3.8, 4) is 0 Å². The van der Waals surface area contributed by atoms with E-state index in [1.807, 2.05) is 34.8 Å². The fourth-order valence-corrected chi connectivity index (χ4v) is 2.56. The number of aryl methyl sites for hydroxylation is 2. The van der Waals surface area contributed by atoms with Crippen LogP contribution in [0.5, 0.6) is 0 Å². The van der Waals surface area contributed by atoms with E-state index < -0.39 is 0 Å². The Kier molecular flexibility index (Phi) is 2.85. The summed E-state index contributed by atoms with van der Waals surface area (Å²) in [5, 5.41) is 3.95. The smallest absolute Gasteiger partial charge is 0.271 e. The van der Waals surface area contributed by atoms with E-state index in [2.05, 4.69) is 10.1 Å². The summed E-state index contributed by atoms with van der Waals surface area (Å²) < 4.78 is 6.85. The van der Waals surface area contributed by atoms with Gasteiger partial charge in [0.15, 0.2) is 5.82 Å². The summed E-state index contributed by atoms with van der Waals surface area (Å²) in [5.41, 5.74) is 0.687. The Morgan fingerprint density at radius 3 is 3.00 bits per heavy atom. The minimum Gasteiger partial charge on any atom is -0.347 e. The van der Waals surface area contributed by atoms with Gasteiger partial charge in [0, 0.05) is 26.7 Å². The zero-order chi connectivity index (χ0) is 13.4. The normalized spacial score (nSPS) is 19.1. The fourth-order valence-electron chi connectivity index (χ4n) is 2.56. The van der Waals surface area contributed by atoms with Crippen LogP contribution in [-0.2, 0) is 7.05 Å². The molecule has 1 atom stereocenters. The van der Waals surface area contributed by atoms with Gasteiger partial charge in [-0.25, -0.2) is 0 Å². The molecule has 0 aliphatic carbocycles. The quantitative estimate of drug-likeness (QED) is 0.824. The van der Waals surface area contributed by atoms with E-state index >= 15 is 0 Å². The van der Waals surface area contributed by atoms with E-state index in [0.29, 0.717) is 17.4 Å². The molecule has 0 saturated carbocycles. The van der Waals surface area contributed by atoms with Crippen LogP contribution in [0, 0.1) is 6.92 Å². The van der Waals surface area contributed by atoms with E-state index in [4.69, 9.17) is 4.52 Å². The van der Waals surface area contributed by atoms with Crippen molar-refractivity contribution in [1.82, 2.24) is 19.6 Å². The molecule has 1 amide bonds. The summed E-state index contributed by atoms with van der Waals surface area (Å²) in [6.45, 7) is 2.50. The highest BCUT2D eigenvalue weighted by atomic mass is 16.5. The maximum Gasteiger partial charge on any atom is 0.271 e. The predicted molar refractivity (Wildman–Crippen MR) is 67.5 cm³/mol. The summed E-state index contributed by atoms with van der Waals surface area (Å²) in [5.74, 6) is 1.17. The topological polar surface area (TPSA) is 64.2 Å². The van der Waals surface area contributed by atoms with Crippen LogP contribution in [0.25, 0.3) is 0 Å². The Morgan fingerprint density at radius 2 is 2.37 bits per heavy atom. The Morgan fingerprint density at radius 1 is 1.53 bits per heavy atom. The Hall–Kier alpha value is -2.11. The Labute approximate surface area is 111 Å². The molecule has 3 rings (SSSR count). The predicted octanol–water partition coefficient (Wildman–Crippen LogP) is 1.69. The molecule has 0 radical (unpaired) electrons. The van der Waals surface area contributed by atoms with Crippen LogP contribution in [0.3, 0.4) is 0 Å². The van der Waals surface area contributed by atoms with Gasteiger partial charge in [0.05, 0.1) is 6.04 Å². The van der Waals surface area contributed by atoms with Crippen molar-refractivity contribution < 1.29 is 9.32 Å². The largest absolute Gasteiger partial charge is 0.347 e. The first-order valence-corrected chi connectivity index (χ1v) is 6.39. The molecule has 6 nitrogen and oxygen atoms in total. The molecule has 0 unspecified atom stereocenters. The van der Waals surface area contributed by atoms with Gasteiger partial charge in [-0.15, -0.1) is 0 Å². The first-order valence-electron chi connectivity index (χ1n) is 6.39. The maximum atomic E-state index is 12.5. The average molecular weight is 260 g/mol. The molecule has 0 spiro atoms. The van der Waals surface area contributed by atoms with Gasteiger partial charge in [0.1, 0.15) is 5.69 Å². The molecule has 1 fully saturated rings. The van der Waals surface area contributed by atoms with Gasteiger partial charge < -0.3 is 14.0 Å². The van der Waals surface area contributed by atoms with Gasteiger partial charge in [0.25, 0.3) is 5.91 Å². The number of hydrogen-bond acceptors (Lipinski definition) is 4. The molecule has 1 aliphatic rings. The number of likely N-dealkylation sites (tertiary alicyclic amines) is 1. The number of amides is 1. The lowest BCUT2D eigenvalue weighted by Gasteiger charge is -2.22. The number of nitrogens with zero attached hydrogens (tertiary/aromatic N) is 4. The van der Waals surface area contributed by atoms with Crippen molar-refractivity contribution in [2.45, 2.75) is 25.8 Å². The van der Waals surface area contributed by atoms with E-state index in [0.717, 1.165) is 19.4 Å². The number of rotatable bonds is 2. The molecule has 6 heteroatoms. The van der Waals surface area contributed by atoms with Crippen molar-refractivity contribution in [3.63, 3.8) is 0 Å². The van der Waals surface area contributed by atoms with Gasteiger partial charge in [-0.2, -0.15) is 4.98 Å². The van der Waals surface area contributed by atoms with Crippen molar-refractivity contribution in [2.75, 3.05) is 6.54 Å². The third-order valence-electron chi connectivity index (χ3n) is 3.52. The Bertz CT molecular complexity index is 601. The van der Waals surface area contributed by atoms with Crippen LogP contribution >= 0.6 is 0 Å². The number of hydrogen-bond donors (Lipinski definition) is 0. The highest BCUT2D eigenvalue weighted by Crippen LogP contribution is 2.31. The van der Waals surface area contributed by atoms with E-state index in [-0.39, 0.29) is 11.9 Å². The van der Waals surface area contributed by atoms with Gasteiger partial charge in [-0.05, 0) is 25.0 Å². The van der Waals surface area contributed by atoms with Crippen molar-refractivity contribution >= 4 is 5.91 Å². The van der Waals surface area contributed by atoms with Crippen LogP contribution in [0.2, 0.25) is 0 Å². The maximum absolute atomic E-state index is 12.5. The molecule has 2 aromatic heterocycles. The zero-order valence-corrected chi connectivity index (χ0v) is 11.0. The monoisotopic (exact) mass is 260 g/mol. The van der Waals surface area contributed by atoms with E-state index in [1.54, 1.807) is 6.92 Å². The van der Waals surface area contributed by atoms with Crippen molar-refractivity contribution in [2.24, 2.45) is 7.05 Å². The summed E-state index contributed by atoms with van der Waals surface area (Å²) >= 11 is 0. The summed E-state index contributed by atoms with van der Waals surface area (Å²) in [6, 6.07) is 3.63. The lowest BCUT2D eigenvalue weighted by atomic mass is 10.2. The van der Waals surface area contributed by atoms with Crippen LogP contribution in [0.15, 0.2) is 22.9 Å². The van der Waals surface area contributed by atoms with Crippen LogP contribution in [-0.4, -0.2) is 32.1 Å². The van der Waals surface area contributed by atoms with E-state index in [9.17, 15) is 4.79 Å². The molecule has 1 saturated heterocycles. The molecule has 0 bridgehead atoms. The van der Waals surface area contributed by atoms with E-state index in [1.165, 1.54) is 0 Å². The first kappa shape index (κ1) is 12.0. The van der Waals surface area contributed by atoms with Crippen molar-refractivity contribution in [1.29, 1.82) is 0 Å². The van der Waals surface area contributed by atoms with Gasteiger partial charge >= 0.3 is 0 Å². The molecule has 3 heterocycles. The second kappa shape index (κ2) is 4.53. The second-order valence-electron chi connectivity index (χ2n) is 4.83. The van der Waals surface area contributed by atoms with Crippen molar-refractivity contribution in [3.05, 3.63) is 35.7 Å². The van der Waals surface area contributed by atoms with Gasteiger partial charge in [0.2, 0.25) is 5.89 Å². The van der Waals surface area contributed by atoms with Crippen LogP contribution in [0.1, 0.15) is 41.1 Å². The molecule has 1 aliphatic heterocycles. The molecule has 100 valence electrons. The Balaban J connectivity index is 1.88. The second-order valence-corrected chi connectivity index (χ2v) is 4.83. The summed E-state index contributed by atoms with van der Waals surface area (Å²) in [7, 11) is 1.87. The fraction of sp³-hybridized carbons (Fsp3) is 0.462. The first-order chi connectivity index (χ1) is 9.16. The molecular formula is C13H16N4O2. The SMILES string of the molecule is Cc1nc([C@H]2CCCN2C(=O)c2cccn2C)no1. The lowest BCUT2D eigenvalue weighted by molar-refractivity contribution is 0.0718. The van der Waals surface area contributed by atoms with Crippen LogP contribution in [0.4, 0.5) is 0 Å². The standard InChI is InChI=1S/C13H16N4O2/c1-9-14-12(15-19-9)10-5-4-8-17(10)13(18)11-6-3-7-16(11)2/h3,6-7,10H,4-5,8H2,1-2H3/t10-/m1/s1. The molecule has 19 heavy (non-hydrogen) atoms. The molecule has 2 aromatic rings. The average Bonchev–Trinajstić information content (AvgIpc) is 3.07. The van der Waals surface area contributed by atoms with Gasteiger partial charge in [-0.1, -0.05) is 5.16 Å². The number of carbonyl (C=O) groups excluding carboxylic acids is 1. The number of carbonyl (C=O) groups is 1. The summed E-state index contributed by atoms with van der Waals surface area (Å²) in [4.78, 5) is 18.6. The summed E-state index contributed by atoms with van der Waals surface area (Å²) in [6.07, 6.45) is 3.72. The highest BCUT2D eigenvalue weighted by molar-refractivity contribution is 5.93. The molecule has 0 aromatic carbocycles. The lowest BCUT2D eigenvalue weighted by Crippen LogP contribution is -2.32. The number of aromatic nitrogens is 3. The molecular weight excluding hydrogens is 244 g/mol. The third kappa shape index (κ3) is 2.03. The minimum absolute atomic E-state index is 0.0254. The molecule has 0 N–H and O–H groups in total. The zero-order valence-electron chi connectivity index (χ0n) is 11.0. The third-order valence-corrected chi connectivity index (χ3v) is 3.52.